The molecule has 0 heterocycles. The van der Waals surface area contributed by atoms with Crippen molar-refractivity contribution in [3.05, 3.63) is 34.9 Å². The van der Waals surface area contributed by atoms with Crippen LogP contribution in [-0.2, 0) is 29.5 Å². The smallest absolute Gasteiger partial charge is 0.325 e. The second kappa shape index (κ2) is 11.3. The van der Waals surface area contributed by atoms with E-state index in [4.69, 9.17) is 16.3 Å². The van der Waals surface area contributed by atoms with E-state index < -0.39 is 24.0 Å². The minimum absolute atomic E-state index is 0.0774. The molecule has 0 radical (unpaired) electrons. The van der Waals surface area contributed by atoms with Crippen molar-refractivity contribution in [3.8, 4) is 0 Å². The van der Waals surface area contributed by atoms with Crippen LogP contribution in [0.3, 0.4) is 0 Å². The third kappa shape index (κ3) is 6.29. The fourth-order valence-corrected chi connectivity index (χ4v) is 4.10. The van der Waals surface area contributed by atoms with Crippen LogP contribution < -0.4 is 5.32 Å². The van der Waals surface area contributed by atoms with E-state index in [1.165, 1.54) is 11.9 Å². The molecule has 1 unspecified atom stereocenters. The van der Waals surface area contributed by atoms with Gasteiger partial charge >= 0.3 is 5.97 Å². The molecule has 1 aromatic carbocycles. The average Bonchev–Trinajstić information content (AvgIpc) is 2.75. The molecule has 8 heteroatoms. The van der Waals surface area contributed by atoms with Gasteiger partial charge < -0.3 is 15.0 Å². The van der Waals surface area contributed by atoms with Gasteiger partial charge in [0.05, 0.1) is 0 Å². The zero-order valence-corrected chi connectivity index (χ0v) is 19.2. The van der Waals surface area contributed by atoms with E-state index >= 15 is 0 Å². The van der Waals surface area contributed by atoms with Crippen molar-refractivity contribution >= 4 is 35.2 Å². The van der Waals surface area contributed by atoms with Crippen LogP contribution in [0.5, 0.6) is 0 Å². The molecule has 0 saturated heterocycles. The van der Waals surface area contributed by atoms with E-state index in [1.54, 1.807) is 24.3 Å². The predicted octanol–water partition coefficient (Wildman–Crippen LogP) is 3.23. The molecule has 2 amide bonds. The summed E-state index contributed by atoms with van der Waals surface area (Å²) >= 11 is 6.39. The highest BCUT2D eigenvalue weighted by Crippen LogP contribution is 2.42. The Morgan fingerprint density at radius 2 is 1.94 bits per heavy atom. The van der Waals surface area contributed by atoms with Gasteiger partial charge in [0.2, 0.25) is 5.91 Å². The molecule has 0 aromatic heterocycles. The van der Waals surface area contributed by atoms with Crippen molar-refractivity contribution in [1.29, 1.82) is 0 Å². The lowest BCUT2D eigenvalue weighted by molar-refractivity contribution is -0.157. The molecule has 1 fully saturated rings. The van der Waals surface area contributed by atoms with Gasteiger partial charge in [0.25, 0.3) is 5.91 Å². The lowest BCUT2D eigenvalue weighted by atomic mass is 9.74. The molecule has 170 valence electrons. The molecular formula is C23H31ClN2O5. The molecular weight excluding hydrogens is 420 g/mol. The number of nitrogens with one attached hydrogen (secondary N) is 1. The number of halogens is 1. The standard InChI is InChI=1S/C23H31ClN2O5/c1-16(2)11-12-20(28)25-14-22(30)31-15-21(29)26(3)23(13-7-6-10-19(23)27)17-8-4-5-9-18(17)24/h4-5,8-9,16H,6-7,10-15H2,1-3H3,(H,25,28). The van der Waals surface area contributed by atoms with Crippen LogP contribution in [-0.4, -0.2) is 48.7 Å². The Kier molecular flexibility index (Phi) is 9.04. The van der Waals surface area contributed by atoms with Gasteiger partial charge in [-0.25, -0.2) is 0 Å². The first-order chi connectivity index (χ1) is 14.7. The van der Waals surface area contributed by atoms with Crippen molar-refractivity contribution in [2.75, 3.05) is 20.2 Å². The quantitative estimate of drug-likeness (QED) is 0.583. The minimum atomic E-state index is -1.18. The monoisotopic (exact) mass is 450 g/mol. The average molecular weight is 451 g/mol. The van der Waals surface area contributed by atoms with Gasteiger partial charge in [-0.1, -0.05) is 43.6 Å². The van der Waals surface area contributed by atoms with Gasteiger partial charge in [-0.2, -0.15) is 0 Å². The number of carbonyl (C=O) groups is 4. The number of hydrogen-bond acceptors (Lipinski definition) is 5. The number of esters is 1. The van der Waals surface area contributed by atoms with Gasteiger partial charge in [0.15, 0.2) is 12.4 Å². The second-order valence-corrected chi connectivity index (χ2v) is 8.70. The van der Waals surface area contributed by atoms with Gasteiger partial charge in [-0.15, -0.1) is 0 Å². The number of ether oxygens (including phenoxy) is 1. The van der Waals surface area contributed by atoms with Crippen molar-refractivity contribution in [1.82, 2.24) is 10.2 Å². The van der Waals surface area contributed by atoms with Gasteiger partial charge in [0.1, 0.15) is 12.1 Å². The Hall–Kier alpha value is -2.41. The number of hydrogen-bond donors (Lipinski definition) is 1. The number of ketones is 1. The molecule has 0 spiro atoms. The van der Waals surface area contributed by atoms with Crippen molar-refractivity contribution in [3.63, 3.8) is 0 Å². The Balaban J connectivity index is 2.01. The number of rotatable bonds is 9. The number of likely N-dealkylation sites (N-methyl/N-ethyl adjacent to an activating group) is 1. The molecule has 7 nitrogen and oxygen atoms in total. The molecule has 1 aromatic rings. The summed E-state index contributed by atoms with van der Waals surface area (Å²) in [5, 5.41) is 2.91. The summed E-state index contributed by atoms with van der Waals surface area (Å²) in [5.74, 6) is -1.14. The van der Waals surface area contributed by atoms with E-state index in [0.29, 0.717) is 35.8 Å². The fourth-order valence-electron chi connectivity index (χ4n) is 3.81. The zero-order valence-electron chi connectivity index (χ0n) is 18.4. The lowest BCUT2D eigenvalue weighted by Crippen LogP contribution is -2.55. The van der Waals surface area contributed by atoms with E-state index in [2.05, 4.69) is 5.32 Å². The van der Waals surface area contributed by atoms with Crippen LogP contribution in [0, 0.1) is 5.92 Å². The molecule has 0 aliphatic heterocycles. The molecule has 31 heavy (non-hydrogen) atoms. The normalized spacial score (nSPS) is 18.5. The molecule has 1 aliphatic carbocycles. The van der Waals surface area contributed by atoms with Crippen molar-refractivity contribution < 1.29 is 23.9 Å². The van der Waals surface area contributed by atoms with Crippen LogP contribution in [0.15, 0.2) is 24.3 Å². The van der Waals surface area contributed by atoms with Gasteiger partial charge in [-0.3, -0.25) is 19.2 Å². The van der Waals surface area contributed by atoms with Crippen molar-refractivity contribution in [2.45, 2.75) is 57.9 Å². The summed E-state index contributed by atoms with van der Waals surface area (Å²) in [5.41, 5.74) is -0.591. The molecule has 2 rings (SSSR count). The zero-order chi connectivity index (χ0) is 23.0. The summed E-state index contributed by atoms with van der Waals surface area (Å²) < 4.78 is 5.05. The van der Waals surface area contributed by atoms with E-state index in [9.17, 15) is 19.2 Å². The third-order valence-electron chi connectivity index (χ3n) is 5.66. The van der Waals surface area contributed by atoms with Gasteiger partial charge in [0, 0.05) is 30.5 Å². The largest absolute Gasteiger partial charge is 0.454 e. The van der Waals surface area contributed by atoms with Gasteiger partial charge in [-0.05, 0) is 37.7 Å². The summed E-state index contributed by atoms with van der Waals surface area (Å²) in [6.07, 6.45) is 3.40. The van der Waals surface area contributed by atoms with E-state index in [0.717, 1.165) is 19.3 Å². The number of benzene rings is 1. The summed E-state index contributed by atoms with van der Waals surface area (Å²) in [6, 6.07) is 7.01. The van der Waals surface area contributed by atoms with Crippen LogP contribution in [0.2, 0.25) is 5.02 Å². The highest BCUT2D eigenvalue weighted by molar-refractivity contribution is 6.31. The second-order valence-electron chi connectivity index (χ2n) is 8.29. The molecule has 1 aliphatic rings. The first-order valence-corrected chi connectivity index (χ1v) is 11.0. The molecule has 0 bridgehead atoms. The van der Waals surface area contributed by atoms with Crippen LogP contribution in [0.25, 0.3) is 0 Å². The maximum atomic E-state index is 13.0. The lowest BCUT2D eigenvalue weighted by Gasteiger charge is -2.43. The molecule has 1 saturated carbocycles. The Bertz CT molecular complexity index is 826. The number of carbonyl (C=O) groups excluding carboxylic acids is 4. The van der Waals surface area contributed by atoms with E-state index in [-0.39, 0.29) is 18.2 Å². The first kappa shape index (κ1) is 24.9. The highest BCUT2D eigenvalue weighted by atomic mass is 35.5. The van der Waals surface area contributed by atoms with E-state index in [1.807, 2.05) is 13.8 Å². The van der Waals surface area contributed by atoms with Crippen LogP contribution in [0.1, 0.15) is 57.9 Å². The maximum Gasteiger partial charge on any atom is 0.325 e. The van der Waals surface area contributed by atoms with Crippen LogP contribution in [0.4, 0.5) is 0 Å². The molecule has 1 atom stereocenters. The molecule has 1 N–H and O–H groups in total. The third-order valence-corrected chi connectivity index (χ3v) is 5.98. The summed E-state index contributed by atoms with van der Waals surface area (Å²) in [6.45, 7) is 3.20. The Labute approximate surface area is 188 Å². The topological polar surface area (TPSA) is 92.8 Å². The SMILES string of the molecule is CC(C)CCC(=O)NCC(=O)OCC(=O)N(C)C1(c2ccccc2Cl)CCCCC1=O. The number of Topliss-reactive ketones (excluding diaryl/α,β-unsaturated/α-hetero) is 1. The fraction of sp³-hybridized carbons (Fsp3) is 0.565. The highest BCUT2D eigenvalue weighted by Gasteiger charge is 2.47. The Morgan fingerprint density at radius 1 is 1.23 bits per heavy atom. The minimum Gasteiger partial charge on any atom is -0.454 e. The van der Waals surface area contributed by atoms with Crippen LogP contribution >= 0.6 is 11.6 Å². The summed E-state index contributed by atoms with van der Waals surface area (Å²) in [4.78, 5) is 50.9. The summed E-state index contributed by atoms with van der Waals surface area (Å²) in [7, 11) is 1.54. The predicted molar refractivity (Wildman–Crippen MR) is 117 cm³/mol. The Morgan fingerprint density at radius 3 is 2.58 bits per heavy atom. The first-order valence-electron chi connectivity index (χ1n) is 10.7. The van der Waals surface area contributed by atoms with Crippen molar-refractivity contribution in [2.24, 2.45) is 5.92 Å². The number of amides is 2. The number of nitrogens with zero attached hydrogens (tertiary/aromatic N) is 1. The maximum absolute atomic E-state index is 13.0.